The van der Waals surface area contributed by atoms with Gasteiger partial charge in [0.25, 0.3) is 0 Å². The Morgan fingerprint density at radius 1 is 1.38 bits per heavy atom. The van der Waals surface area contributed by atoms with Crippen molar-refractivity contribution in [2.24, 2.45) is 0 Å². The van der Waals surface area contributed by atoms with Crippen LogP contribution in [0.15, 0.2) is 30.0 Å². The van der Waals surface area contributed by atoms with Gasteiger partial charge in [-0.15, -0.1) is 0 Å². The highest BCUT2D eigenvalue weighted by Gasteiger charge is 2.27. The van der Waals surface area contributed by atoms with Gasteiger partial charge >= 0.3 is 0 Å². The molecule has 2 aromatic rings. The molecule has 0 atom stereocenters. The van der Waals surface area contributed by atoms with Crippen LogP contribution < -0.4 is 0 Å². The quantitative estimate of drug-likeness (QED) is 0.809. The average molecular weight is 283 g/mol. The van der Waals surface area contributed by atoms with E-state index >= 15 is 0 Å². The maximum atomic E-state index is 11.3. The Morgan fingerprint density at radius 2 is 2.24 bits per heavy atom. The smallest absolute Gasteiger partial charge is 0.153 e. The zero-order chi connectivity index (χ0) is 14.8. The van der Waals surface area contributed by atoms with Crippen LogP contribution >= 0.6 is 0 Å². The Balaban J connectivity index is 2.18. The summed E-state index contributed by atoms with van der Waals surface area (Å²) in [6.07, 6.45) is 4.07. The van der Waals surface area contributed by atoms with Crippen molar-refractivity contribution >= 4 is 12.0 Å². The second-order valence-corrected chi connectivity index (χ2v) is 4.91. The summed E-state index contributed by atoms with van der Waals surface area (Å²) in [5, 5.41) is 4.59. The number of nitrogens with zero attached hydrogens (tertiary/aromatic N) is 3. The lowest BCUT2D eigenvalue weighted by molar-refractivity contribution is -0.105. The topological polar surface area (TPSA) is 57.0 Å². The van der Waals surface area contributed by atoms with E-state index in [-0.39, 0.29) is 0 Å². The van der Waals surface area contributed by atoms with Gasteiger partial charge in [-0.3, -0.25) is 4.79 Å². The lowest BCUT2D eigenvalue weighted by atomic mass is 9.94. The van der Waals surface area contributed by atoms with Crippen LogP contribution in [0.3, 0.4) is 0 Å². The van der Waals surface area contributed by atoms with Crippen LogP contribution in [0.2, 0.25) is 0 Å². The summed E-state index contributed by atoms with van der Waals surface area (Å²) >= 11 is 0. The number of aldehydes is 1. The highest BCUT2D eigenvalue weighted by atomic mass is 16.5. The van der Waals surface area contributed by atoms with Crippen LogP contribution in [0.1, 0.15) is 30.3 Å². The molecule has 0 saturated heterocycles. The molecule has 0 aromatic carbocycles. The van der Waals surface area contributed by atoms with Crippen molar-refractivity contribution < 1.29 is 9.53 Å². The summed E-state index contributed by atoms with van der Waals surface area (Å²) in [4.78, 5) is 15.6. The second kappa shape index (κ2) is 5.52. The number of allylic oxidation sites excluding steroid dienone is 1. The van der Waals surface area contributed by atoms with Gasteiger partial charge in [0.15, 0.2) is 5.82 Å². The van der Waals surface area contributed by atoms with Gasteiger partial charge in [0.05, 0.1) is 23.6 Å². The Morgan fingerprint density at radius 3 is 2.90 bits per heavy atom. The van der Waals surface area contributed by atoms with Crippen molar-refractivity contribution in [1.82, 2.24) is 14.8 Å². The minimum atomic E-state index is 0.528. The summed E-state index contributed by atoms with van der Waals surface area (Å²) in [5.74, 6) is 1.46. The molecule has 2 heterocycles. The fraction of sp³-hybridized carbons (Fsp3) is 0.312. The molecule has 0 radical (unpaired) electrons. The van der Waals surface area contributed by atoms with E-state index in [9.17, 15) is 4.79 Å². The number of fused-ring (bicyclic) bond motifs is 1. The normalized spacial score (nSPS) is 14.0. The van der Waals surface area contributed by atoms with E-state index < -0.39 is 0 Å². The first-order chi connectivity index (χ1) is 10.3. The number of hydrogen-bond acceptors (Lipinski definition) is 4. The predicted molar refractivity (Wildman–Crippen MR) is 79.0 cm³/mol. The lowest BCUT2D eigenvalue weighted by Crippen LogP contribution is -2.12. The Bertz CT molecular complexity index is 702. The van der Waals surface area contributed by atoms with Crippen molar-refractivity contribution in [3.63, 3.8) is 0 Å². The van der Waals surface area contributed by atoms with Crippen LogP contribution in [-0.2, 0) is 16.0 Å². The second-order valence-electron chi connectivity index (χ2n) is 4.91. The molecule has 1 aliphatic rings. The van der Waals surface area contributed by atoms with Gasteiger partial charge in [0.2, 0.25) is 0 Å². The van der Waals surface area contributed by atoms with Crippen molar-refractivity contribution in [2.75, 3.05) is 6.61 Å². The molecule has 5 heteroatoms. The summed E-state index contributed by atoms with van der Waals surface area (Å²) in [6.45, 7) is 4.38. The molecule has 0 aliphatic heterocycles. The fourth-order valence-electron chi connectivity index (χ4n) is 2.72. The SMILES string of the molecule is CCOC1=C(C=O)CCc2c1c(C)nn2-c1ccccn1. The molecule has 0 bridgehead atoms. The number of carbonyl (C=O) groups excluding carboxylic acids is 1. The summed E-state index contributed by atoms with van der Waals surface area (Å²) < 4.78 is 7.57. The molecule has 1 aliphatic carbocycles. The Labute approximate surface area is 123 Å². The van der Waals surface area contributed by atoms with Crippen LogP contribution in [0, 0.1) is 6.92 Å². The van der Waals surface area contributed by atoms with Crippen molar-refractivity contribution in [1.29, 1.82) is 0 Å². The highest BCUT2D eigenvalue weighted by Crippen LogP contribution is 2.34. The van der Waals surface area contributed by atoms with Crippen molar-refractivity contribution in [2.45, 2.75) is 26.7 Å². The van der Waals surface area contributed by atoms with Crippen molar-refractivity contribution in [3.05, 3.63) is 46.9 Å². The van der Waals surface area contributed by atoms with E-state index in [0.29, 0.717) is 24.4 Å². The number of aryl methyl sites for hydroxylation is 1. The largest absolute Gasteiger partial charge is 0.493 e. The maximum Gasteiger partial charge on any atom is 0.153 e. The number of aromatic nitrogens is 3. The number of pyridine rings is 1. The third kappa shape index (κ3) is 2.24. The van der Waals surface area contributed by atoms with Crippen molar-refractivity contribution in [3.8, 4) is 5.82 Å². The van der Waals surface area contributed by atoms with Crippen LogP contribution in [0.4, 0.5) is 0 Å². The highest BCUT2D eigenvalue weighted by molar-refractivity contribution is 5.88. The van der Waals surface area contributed by atoms with Crippen LogP contribution in [0.5, 0.6) is 0 Å². The van der Waals surface area contributed by atoms with E-state index in [0.717, 1.165) is 35.5 Å². The molecule has 3 rings (SSSR count). The Kier molecular flexibility index (Phi) is 3.56. The monoisotopic (exact) mass is 283 g/mol. The van der Waals surface area contributed by atoms with Gasteiger partial charge in [0, 0.05) is 11.8 Å². The maximum absolute atomic E-state index is 11.3. The third-order valence-electron chi connectivity index (χ3n) is 3.60. The zero-order valence-corrected chi connectivity index (χ0v) is 12.2. The molecule has 108 valence electrons. The zero-order valence-electron chi connectivity index (χ0n) is 12.2. The molecular formula is C16H17N3O2. The van der Waals surface area contributed by atoms with Crippen LogP contribution in [-0.4, -0.2) is 27.7 Å². The van der Waals surface area contributed by atoms with E-state index in [1.54, 1.807) is 6.20 Å². The molecule has 21 heavy (non-hydrogen) atoms. The molecule has 0 N–H and O–H groups in total. The summed E-state index contributed by atoms with van der Waals surface area (Å²) in [6, 6.07) is 5.74. The molecule has 0 amide bonds. The van der Waals surface area contributed by atoms with Gasteiger partial charge in [-0.25, -0.2) is 9.67 Å². The molecular weight excluding hydrogens is 266 g/mol. The minimum absolute atomic E-state index is 0.528. The Hall–Kier alpha value is -2.43. The van der Waals surface area contributed by atoms with Gasteiger partial charge in [0.1, 0.15) is 12.0 Å². The van der Waals surface area contributed by atoms with E-state index in [4.69, 9.17) is 4.74 Å². The van der Waals surface area contributed by atoms with Gasteiger partial charge in [-0.05, 0) is 38.8 Å². The molecule has 0 fully saturated rings. The first-order valence-corrected chi connectivity index (χ1v) is 7.07. The van der Waals surface area contributed by atoms with E-state index in [2.05, 4.69) is 10.1 Å². The number of carbonyl (C=O) groups is 1. The molecule has 0 spiro atoms. The fourth-order valence-corrected chi connectivity index (χ4v) is 2.72. The molecule has 2 aromatic heterocycles. The van der Waals surface area contributed by atoms with Crippen LogP contribution in [0.25, 0.3) is 11.6 Å². The molecule has 0 saturated carbocycles. The number of rotatable bonds is 4. The van der Waals surface area contributed by atoms with E-state index in [1.165, 1.54) is 0 Å². The minimum Gasteiger partial charge on any atom is -0.493 e. The number of ether oxygens (including phenoxy) is 1. The van der Waals surface area contributed by atoms with Gasteiger partial charge in [-0.2, -0.15) is 5.10 Å². The number of hydrogen-bond donors (Lipinski definition) is 0. The first-order valence-electron chi connectivity index (χ1n) is 7.07. The lowest BCUT2D eigenvalue weighted by Gasteiger charge is -2.19. The van der Waals surface area contributed by atoms with E-state index in [1.807, 2.05) is 36.7 Å². The third-order valence-corrected chi connectivity index (χ3v) is 3.60. The standard InChI is InChI=1S/C16H17N3O2/c1-3-21-16-12(10-20)7-8-13-15(16)11(2)18-19(13)14-6-4-5-9-17-14/h4-6,9-10H,3,7-8H2,1-2H3. The van der Waals surface area contributed by atoms with Gasteiger partial charge in [-0.1, -0.05) is 6.07 Å². The molecule has 0 unspecified atom stereocenters. The summed E-state index contributed by atoms with van der Waals surface area (Å²) in [5.41, 5.74) is 3.57. The first kappa shape index (κ1) is 13.5. The van der Waals surface area contributed by atoms with Gasteiger partial charge < -0.3 is 4.74 Å². The predicted octanol–water partition coefficient (Wildman–Crippen LogP) is 2.47. The summed E-state index contributed by atoms with van der Waals surface area (Å²) in [7, 11) is 0. The average Bonchev–Trinajstić information content (AvgIpc) is 2.86. The molecule has 5 nitrogen and oxygen atoms in total.